The molecule has 0 bridgehead atoms. The molecule has 0 saturated carbocycles. The SMILES string of the molecule is CCC(OC)c1nc(C(OC)OC)cs1. The minimum atomic E-state index is -0.385. The molecule has 0 aliphatic rings. The molecule has 1 atom stereocenters. The monoisotopic (exact) mass is 231 g/mol. The summed E-state index contributed by atoms with van der Waals surface area (Å²) >= 11 is 1.57. The predicted molar refractivity (Wildman–Crippen MR) is 58.9 cm³/mol. The van der Waals surface area contributed by atoms with E-state index in [0.717, 1.165) is 17.1 Å². The number of thiazole rings is 1. The first kappa shape index (κ1) is 12.6. The fourth-order valence-electron chi connectivity index (χ4n) is 1.34. The summed E-state index contributed by atoms with van der Waals surface area (Å²) in [6.45, 7) is 2.07. The lowest BCUT2D eigenvalue weighted by Crippen LogP contribution is -2.05. The van der Waals surface area contributed by atoms with E-state index in [1.807, 2.05) is 5.38 Å². The zero-order valence-corrected chi connectivity index (χ0v) is 10.3. The highest BCUT2D eigenvalue weighted by atomic mass is 32.1. The summed E-state index contributed by atoms with van der Waals surface area (Å²) in [5.74, 6) is 0. The molecule has 5 heteroatoms. The van der Waals surface area contributed by atoms with Crippen LogP contribution in [0.1, 0.15) is 36.4 Å². The van der Waals surface area contributed by atoms with Crippen molar-refractivity contribution in [3.05, 3.63) is 16.1 Å². The molecule has 1 heterocycles. The van der Waals surface area contributed by atoms with Gasteiger partial charge in [0, 0.05) is 26.7 Å². The van der Waals surface area contributed by atoms with E-state index in [9.17, 15) is 0 Å². The van der Waals surface area contributed by atoms with Gasteiger partial charge in [-0.2, -0.15) is 0 Å². The Balaban J connectivity index is 2.78. The fourth-order valence-corrected chi connectivity index (χ4v) is 2.31. The van der Waals surface area contributed by atoms with Crippen molar-refractivity contribution in [3.8, 4) is 0 Å². The molecule has 1 rings (SSSR count). The molecule has 1 aromatic rings. The standard InChI is InChI=1S/C10H17NO3S/c1-5-8(12-2)9-11-7(6-15-9)10(13-3)14-4/h6,8,10H,5H2,1-4H3. The van der Waals surface area contributed by atoms with E-state index in [1.54, 1.807) is 32.7 Å². The van der Waals surface area contributed by atoms with Gasteiger partial charge in [-0.25, -0.2) is 4.98 Å². The number of methoxy groups -OCH3 is 3. The van der Waals surface area contributed by atoms with Crippen LogP contribution < -0.4 is 0 Å². The Morgan fingerprint density at radius 2 is 1.93 bits per heavy atom. The number of nitrogens with zero attached hydrogens (tertiary/aromatic N) is 1. The Hall–Kier alpha value is -0.490. The van der Waals surface area contributed by atoms with Crippen LogP contribution in [-0.4, -0.2) is 26.3 Å². The molecule has 0 N–H and O–H groups in total. The van der Waals surface area contributed by atoms with E-state index in [1.165, 1.54) is 0 Å². The van der Waals surface area contributed by atoms with Gasteiger partial charge in [-0.05, 0) is 6.42 Å². The van der Waals surface area contributed by atoms with Crippen molar-refractivity contribution in [2.24, 2.45) is 0 Å². The molecule has 15 heavy (non-hydrogen) atoms. The highest BCUT2D eigenvalue weighted by Crippen LogP contribution is 2.27. The molecule has 0 aliphatic heterocycles. The minimum Gasteiger partial charge on any atom is -0.374 e. The molecule has 0 amide bonds. The maximum absolute atomic E-state index is 5.31. The molecule has 0 spiro atoms. The lowest BCUT2D eigenvalue weighted by molar-refractivity contribution is -0.108. The van der Waals surface area contributed by atoms with Crippen molar-refractivity contribution in [2.75, 3.05) is 21.3 Å². The Bertz CT molecular complexity index is 255. The smallest absolute Gasteiger partial charge is 0.201 e. The van der Waals surface area contributed by atoms with Gasteiger partial charge in [-0.1, -0.05) is 6.92 Å². The molecule has 4 nitrogen and oxygen atoms in total. The first-order chi connectivity index (χ1) is 7.26. The third kappa shape index (κ3) is 2.98. The number of hydrogen-bond acceptors (Lipinski definition) is 5. The van der Waals surface area contributed by atoms with E-state index in [-0.39, 0.29) is 12.4 Å². The van der Waals surface area contributed by atoms with Crippen molar-refractivity contribution >= 4 is 11.3 Å². The number of rotatable bonds is 6. The number of hydrogen-bond donors (Lipinski definition) is 0. The topological polar surface area (TPSA) is 40.6 Å². The highest BCUT2D eigenvalue weighted by molar-refractivity contribution is 7.09. The zero-order valence-electron chi connectivity index (χ0n) is 9.52. The maximum atomic E-state index is 5.31. The van der Waals surface area contributed by atoms with Gasteiger partial charge >= 0.3 is 0 Å². The zero-order chi connectivity index (χ0) is 11.3. The molecule has 0 aromatic carbocycles. The van der Waals surface area contributed by atoms with Crippen LogP contribution in [-0.2, 0) is 14.2 Å². The molecule has 0 saturated heterocycles. The lowest BCUT2D eigenvalue weighted by atomic mass is 10.3. The van der Waals surface area contributed by atoms with Crippen molar-refractivity contribution in [2.45, 2.75) is 25.7 Å². The minimum absolute atomic E-state index is 0.0677. The Labute approximate surface area is 94.2 Å². The van der Waals surface area contributed by atoms with E-state index < -0.39 is 0 Å². The van der Waals surface area contributed by atoms with E-state index in [0.29, 0.717) is 0 Å². The van der Waals surface area contributed by atoms with Gasteiger partial charge in [0.15, 0.2) is 0 Å². The molecule has 0 radical (unpaired) electrons. The summed E-state index contributed by atoms with van der Waals surface area (Å²) in [4.78, 5) is 4.44. The molecular weight excluding hydrogens is 214 g/mol. The predicted octanol–water partition coefficient (Wildman–Crippen LogP) is 2.53. The van der Waals surface area contributed by atoms with Crippen LogP contribution in [0.4, 0.5) is 0 Å². The van der Waals surface area contributed by atoms with Gasteiger partial charge in [-0.15, -0.1) is 11.3 Å². The van der Waals surface area contributed by atoms with Crippen molar-refractivity contribution in [1.82, 2.24) is 4.98 Å². The second kappa shape index (κ2) is 6.17. The van der Waals surface area contributed by atoms with Crippen LogP contribution in [0.3, 0.4) is 0 Å². The van der Waals surface area contributed by atoms with Gasteiger partial charge in [0.25, 0.3) is 0 Å². The molecule has 0 fully saturated rings. The lowest BCUT2D eigenvalue weighted by Gasteiger charge is -2.11. The quantitative estimate of drug-likeness (QED) is 0.705. The Morgan fingerprint density at radius 3 is 2.40 bits per heavy atom. The Morgan fingerprint density at radius 1 is 1.27 bits per heavy atom. The summed E-state index contributed by atoms with van der Waals surface area (Å²) in [5.41, 5.74) is 0.801. The van der Waals surface area contributed by atoms with Crippen LogP contribution in [0, 0.1) is 0 Å². The average molecular weight is 231 g/mol. The fraction of sp³-hybridized carbons (Fsp3) is 0.700. The largest absolute Gasteiger partial charge is 0.374 e. The van der Waals surface area contributed by atoms with Crippen LogP contribution in [0.2, 0.25) is 0 Å². The van der Waals surface area contributed by atoms with Gasteiger partial charge in [0.05, 0.1) is 0 Å². The van der Waals surface area contributed by atoms with Gasteiger partial charge in [0.2, 0.25) is 6.29 Å². The van der Waals surface area contributed by atoms with Crippen LogP contribution in [0.25, 0.3) is 0 Å². The third-order valence-corrected chi connectivity index (χ3v) is 3.10. The molecule has 1 aromatic heterocycles. The summed E-state index contributed by atoms with van der Waals surface area (Å²) in [7, 11) is 4.89. The normalized spacial score (nSPS) is 13.4. The summed E-state index contributed by atoms with van der Waals surface area (Å²) in [6.07, 6.45) is 0.594. The second-order valence-electron chi connectivity index (χ2n) is 3.05. The van der Waals surface area contributed by atoms with Gasteiger partial charge in [0.1, 0.15) is 16.8 Å². The third-order valence-electron chi connectivity index (χ3n) is 2.14. The van der Waals surface area contributed by atoms with Crippen LogP contribution >= 0.6 is 11.3 Å². The number of ether oxygens (including phenoxy) is 3. The molecule has 0 aliphatic carbocycles. The first-order valence-electron chi connectivity index (χ1n) is 4.80. The van der Waals surface area contributed by atoms with E-state index >= 15 is 0 Å². The summed E-state index contributed by atoms with van der Waals surface area (Å²) < 4.78 is 15.6. The molecule has 86 valence electrons. The molecule has 1 unspecified atom stereocenters. The van der Waals surface area contributed by atoms with Crippen molar-refractivity contribution in [3.63, 3.8) is 0 Å². The summed E-state index contributed by atoms with van der Waals surface area (Å²) in [5, 5.41) is 2.91. The van der Waals surface area contributed by atoms with Gasteiger partial charge < -0.3 is 14.2 Å². The van der Waals surface area contributed by atoms with Gasteiger partial charge in [-0.3, -0.25) is 0 Å². The van der Waals surface area contributed by atoms with Crippen LogP contribution in [0.5, 0.6) is 0 Å². The first-order valence-corrected chi connectivity index (χ1v) is 5.68. The van der Waals surface area contributed by atoms with Crippen LogP contribution in [0.15, 0.2) is 5.38 Å². The van der Waals surface area contributed by atoms with E-state index in [4.69, 9.17) is 14.2 Å². The summed E-state index contributed by atoms with van der Waals surface area (Å²) in [6, 6.07) is 0. The second-order valence-corrected chi connectivity index (χ2v) is 3.94. The average Bonchev–Trinajstić information content (AvgIpc) is 2.71. The Kier molecular flexibility index (Phi) is 5.17. The molecular formula is C10H17NO3S. The highest BCUT2D eigenvalue weighted by Gasteiger charge is 2.17. The number of aromatic nitrogens is 1. The maximum Gasteiger partial charge on any atom is 0.201 e. The van der Waals surface area contributed by atoms with Crippen molar-refractivity contribution in [1.29, 1.82) is 0 Å². The van der Waals surface area contributed by atoms with E-state index in [2.05, 4.69) is 11.9 Å². The van der Waals surface area contributed by atoms with Crippen molar-refractivity contribution < 1.29 is 14.2 Å².